The van der Waals surface area contributed by atoms with Gasteiger partial charge in [0, 0.05) is 20.5 Å². The molecule has 1 aromatic carbocycles. The molecule has 0 aromatic heterocycles. The quantitative estimate of drug-likeness (QED) is 0.839. The van der Waals surface area contributed by atoms with Gasteiger partial charge in [-0.3, -0.25) is 9.59 Å². The number of amides is 2. The minimum atomic E-state index is -1.19. The maximum Gasteiger partial charge on any atom is 0.263 e. The summed E-state index contributed by atoms with van der Waals surface area (Å²) in [6.45, 7) is -0.377. The third-order valence-corrected chi connectivity index (χ3v) is 7.89. The van der Waals surface area contributed by atoms with Gasteiger partial charge in [-0.05, 0) is 16.4 Å². The summed E-state index contributed by atoms with van der Waals surface area (Å²) in [7, 11) is 5.90. The second-order valence-electron chi connectivity index (χ2n) is 5.28. The number of aliphatic hydroxyl groups is 1. The van der Waals surface area contributed by atoms with Crippen molar-refractivity contribution in [2.75, 3.05) is 20.7 Å². The summed E-state index contributed by atoms with van der Waals surface area (Å²) in [4.78, 5) is 26.2. The summed E-state index contributed by atoms with van der Waals surface area (Å²) in [6, 6.07) is 9.67. The van der Waals surface area contributed by atoms with Crippen molar-refractivity contribution in [2.24, 2.45) is 0 Å². The van der Waals surface area contributed by atoms with Gasteiger partial charge in [0.05, 0.1) is 6.61 Å². The topological polar surface area (TPSA) is 60.9 Å². The molecule has 2 bridgehead atoms. The van der Waals surface area contributed by atoms with Crippen LogP contribution in [0.1, 0.15) is 5.56 Å². The average Bonchev–Trinajstić information content (AvgIpc) is 2.51. The van der Waals surface area contributed by atoms with Gasteiger partial charge >= 0.3 is 0 Å². The zero-order chi connectivity index (χ0) is 15.3. The fourth-order valence-corrected chi connectivity index (χ4v) is 6.38. The SMILES string of the molecule is CN1C(=O)[C@@]2(Cc3ccccc3)SS[C@@]1(CO)C(=O)N2C. The number of rotatable bonds is 3. The van der Waals surface area contributed by atoms with Crippen LogP contribution in [0.25, 0.3) is 0 Å². The number of fused-ring (bicyclic) bond motifs is 3. The number of aliphatic hydroxyl groups excluding tert-OH is 1. The Morgan fingerprint density at radius 1 is 1.00 bits per heavy atom. The average molecular weight is 324 g/mol. The molecule has 0 unspecified atom stereocenters. The molecular weight excluding hydrogens is 308 g/mol. The highest BCUT2D eigenvalue weighted by atomic mass is 33.1. The fraction of sp³-hybridized carbons (Fsp3) is 0.429. The van der Waals surface area contributed by atoms with Crippen molar-refractivity contribution in [3.05, 3.63) is 35.9 Å². The highest BCUT2D eigenvalue weighted by Gasteiger charge is 2.67. The fourth-order valence-electron chi connectivity index (χ4n) is 2.76. The van der Waals surface area contributed by atoms with Crippen LogP contribution >= 0.6 is 21.6 Å². The van der Waals surface area contributed by atoms with Crippen LogP contribution in [0.15, 0.2) is 30.3 Å². The minimum Gasteiger partial charge on any atom is -0.392 e. The molecule has 112 valence electrons. The van der Waals surface area contributed by atoms with E-state index in [9.17, 15) is 14.7 Å². The van der Waals surface area contributed by atoms with Gasteiger partial charge < -0.3 is 14.9 Å². The minimum absolute atomic E-state index is 0.133. The first kappa shape index (κ1) is 14.7. The number of carbonyl (C=O) groups excluding carboxylic acids is 2. The van der Waals surface area contributed by atoms with E-state index in [2.05, 4.69) is 0 Å². The maximum atomic E-state index is 12.8. The largest absolute Gasteiger partial charge is 0.392 e. The Bertz CT molecular complexity index is 597. The van der Waals surface area contributed by atoms with Crippen molar-refractivity contribution < 1.29 is 14.7 Å². The molecule has 3 fully saturated rings. The first-order valence-corrected chi connectivity index (χ1v) is 8.71. The van der Waals surface area contributed by atoms with E-state index < -0.39 is 9.74 Å². The second-order valence-corrected chi connectivity index (χ2v) is 7.97. The molecule has 3 saturated heterocycles. The Morgan fingerprint density at radius 2 is 1.52 bits per heavy atom. The number of hydrogen-bond acceptors (Lipinski definition) is 5. The molecule has 2 atom stereocenters. The number of likely N-dealkylation sites (N-methyl/N-ethyl adjacent to an activating group) is 2. The van der Waals surface area contributed by atoms with Crippen LogP contribution in [0.3, 0.4) is 0 Å². The van der Waals surface area contributed by atoms with E-state index in [1.165, 1.54) is 31.4 Å². The predicted octanol–water partition coefficient (Wildman–Crippen LogP) is 0.939. The molecule has 4 rings (SSSR count). The van der Waals surface area contributed by atoms with Crippen molar-refractivity contribution in [2.45, 2.75) is 16.2 Å². The van der Waals surface area contributed by atoms with Crippen LogP contribution in [-0.2, 0) is 16.0 Å². The van der Waals surface area contributed by atoms with E-state index in [1.807, 2.05) is 30.3 Å². The number of nitrogens with zero attached hydrogens (tertiary/aromatic N) is 2. The third kappa shape index (κ3) is 1.84. The Kier molecular flexibility index (Phi) is 3.46. The maximum absolute atomic E-state index is 12.8. The molecule has 0 saturated carbocycles. The Morgan fingerprint density at radius 3 is 2.14 bits per heavy atom. The van der Waals surface area contributed by atoms with E-state index in [-0.39, 0.29) is 18.4 Å². The molecule has 0 spiro atoms. The first-order valence-electron chi connectivity index (χ1n) is 6.56. The van der Waals surface area contributed by atoms with Gasteiger partial charge in [-0.2, -0.15) is 0 Å². The van der Waals surface area contributed by atoms with E-state index in [4.69, 9.17) is 0 Å². The molecular formula is C14H16N2O3S2. The predicted molar refractivity (Wildman–Crippen MR) is 83.4 cm³/mol. The van der Waals surface area contributed by atoms with Crippen molar-refractivity contribution in [3.8, 4) is 0 Å². The van der Waals surface area contributed by atoms with Gasteiger partial charge in [-0.25, -0.2) is 0 Å². The standard InChI is InChI=1S/C14H16N2O3S2/c1-15-12(19)14(9-17)16(2)11(18)13(15,20-21-14)8-10-6-4-3-5-7-10/h3-7,17H,8-9H2,1-2H3/t13-,14+/m1/s1. The smallest absolute Gasteiger partial charge is 0.263 e. The molecule has 7 heteroatoms. The van der Waals surface area contributed by atoms with Crippen LogP contribution < -0.4 is 0 Å². The van der Waals surface area contributed by atoms with Gasteiger partial charge in [0.1, 0.15) is 0 Å². The Balaban J connectivity index is 2.03. The lowest BCUT2D eigenvalue weighted by atomic mass is 9.98. The van der Waals surface area contributed by atoms with Crippen LogP contribution in [-0.4, -0.2) is 57.2 Å². The van der Waals surface area contributed by atoms with Gasteiger partial charge in [-0.1, -0.05) is 41.1 Å². The molecule has 0 radical (unpaired) electrons. The second kappa shape index (κ2) is 4.93. The van der Waals surface area contributed by atoms with Gasteiger partial charge in [0.25, 0.3) is 11.8 Å². The van der Waals surface area contributed by atoms with E-state index in [0.29, 0.717) is 6.42 Å². The monoisotopic (exact) mass is 324 g/mol. The number of piperazine rings is 1. The van der Waals surface area contributed by atoms with E-state index >= 15 is 0 Å². The van der Waals surface area contributed by atoms with Crippen molar-refractivity contribution in [1.82, 2.24) is 9.80 Å². The van der Waals surface area contributed by atoms with Gasteiger partial charge in [-0.15, -0.1) is 0 Å². The number of benzene rings is 1. The van der Waals surface area contributed by atoms with Crippen molar-refractivity contribution in [1.29, 1.82) is 0 Å². The van der Waals surface area contributed by atoms with E-state index in [1.54, 1.807) is 14.1 Å². The summed E-state index contributed by atoms with van der Waals surface area (Å²) in [6.07, 6.45) is 0.457. The molecule has 3 aliphatic heterocycles. The van der Waals surface area contributed by atoms with Crippen LogP contribution in [0.4, 0.5) is 0 Å². The summed E-state index contributed by atoms with van der Waals surface area (Å²) in [5.74, 6) is -0.349. The first-order chi connectivity index (χ1) is 9.98. The highest BCUT2D eigenvalue weighted by molar-refractivity contribution is 8.78. The molecule has 3 aliphatic rings. The van der Waals surface area contributed by atoms with Gasteiger partial charge in [0.2, 0.25) is 4.87 Å². The Labute approximate surface area is 131 Å². The molecule has 5 nitrogen and oxygen atoms in total. The van der Waals surface area contributed by atoms with Crippen LogP contribution in [0.5, 0.6) is 0 Å². The number of hydrogen-bond donors (Lipinski definition) is 1. The molecule has 1 aromatic rings. The van der Waals surface area contributed by atoms with Crippen LogP contribution in [0, 0.1) is 0 Å². The molecule has 21 heavy (non-hydrogen) atoms. The van der Waals surface area contributed by atoms with E-state index in [0.717, 1.165) is 5.56 Å². The lowest BCUT2D eigenvalue weighted by Gasteiger charge is -2.58. The molecule has 0 aliphatic carbocycles. The van der Waals surface area contributed by atoms with Gasteiger partial charge in [0.15, 0.2) is 4.87 Å². The normalized spacial score (nSPS) is 32.0. The summed E-state index contributed by atoms with van der Waals surface area (Å²) in [5, 5.41) is 9.64. The summed E-state index contributed by atoms with van der Waals surface area (Å²) < 4.78 is 0. The lowest BCUT2D eigenvalue weighted by Crippen LogP contribution is -2.77. The highest BCUT2D eigenvalue weighted by Crippen LogP contribution is 2.58. The number of carbonyl (C=O) groups is 2. The summed E-state index contributed by atoms with van der Waals surface area (Å²) in [5.41, 5.74) is 1.00. The molecule has 1 N–H and O–H groups in total. The van der Waals surface area contributed by atoms with Crippen molar-refractivity contribution in [3.63, 3.8) is 0 Å². The molecule has 2 amide bonds. The molecule has 3 heterocycles. The van der Waals surface area contributed by atoms with Crippen molar-refractivity contribution >= 4 is 33.4 Å². The zero-order valence-electron chi connectivity index (χ0n) is 11.8. The summed E-state index contributed by atoms with van der Waals surface area (Å²) >= 11 is 0. The van der Waals surface area contributed by atoms with Crippen LogP contribution in [0.2, 0.25) is 0 Å². The third-order valence-electron chi connectivity index (χ3n) is 4.18. The zero-order valence-corrected chi connectivity index (χ0v) is 13.4. The lowest BCUT2D eigenvalue weighted by molar-refractivity contribution is -0.165. The Hall–Kier alpha value is -1.18.